The Kier molecular flexibility index (Phi) is 4.24. The number of nitrogens with zero attached hydrogens (tertiary/aromatic N) is 3. The average Bonchev–Trinajstić information content (AvgIpc) is 2.97. The number of oxazole rings is 1. The van der Waals surface area contributed by atoms with E-state index < -0.39 is 11.5 Å². The number of rotatable bonds is 4. The molecule has 2 aromatic heterocycles. The predicted octanol–water partition coefficient (Wildman–Crippen LogP) is 2.04. The monoisotopic (exact) mass is 325 g/mol. The van der Waals surface area contributed by atoms with Crippen molar-refractivity contribution in [1.29, 1.82) is 0 Å². The minimum atomic E-state index is -0.719. The van der Waals surface area contributed by atoms with E-state index in [1.807, 2.05) is 30.3 Å². The zero-order valence-electron chi connectivity index (χ0n) is 13.2. The molecule has 2 heterocycles. The average molecular weight is 325 g/mol. The maximum atomic E-state index is 12.3. The SMILES string of the molecule is COC(=O)c1cncn(Cc2nc(-c3ccccc3)oc2C)c1=O. The summed E-state index contributed by atoms with van der Waals surface area (Å²) in [5.41, 5.74) is 0.838. The van der Waals surface area contributed by atoms with Crippen molar-refractivity contribution in [1.82, 2.24) is 14.5 Å². The van der Waals surface area contributed by atoms with Gasteiger partial charge >= 0.3 is 5.97 Å². The van der Waals surface area contributed by atoms with E-state index in [0.717, 1.165) is 5.56 Å². The first-order valence-electron chi connectivity index (χ1n) is 7.24. The van der Waals surface area contributed by atoms with Crippen molar-refractivity contribution in [3.63, 3.8) is 0 Å². The molecule has 0 atom stereocenters. The Morgan fingerprint density at radius 2 is 2.04 bits per heavy atom. The van der Waals surface area contributed by atoms with Gasteiger partial charge in [-0.15, -0.1) is 0 Å². The van der Waals surface area contributed by atoms with E-state index in [4.69, 9.17) is 4.42 Å². The maximum absolute atomic E-state index is 12.3. The van der Waals surface area contributed by atoms with Crippen LogP contribution in [0.5, 0.6) is 0 Å². The zero-order valence-corrected chi connectivity index (χ0v) is 13.2. The highest BCUT2D eigenvalue weighted by molar-refractivity contribution is 5.88. The number of hydrogen-bond acceptors (Lipinski definition) is 6. The van der Waals surface area contributed by atoms with Crippen molar-refractivity contribution in [2.45, 2.75) is 13.5 Å². The number of methoxy groups -OCH3 is 1. The Balaban J connectivity index is 1.94. The lowest BCUT2D eigenvalue weighted by atomic mass is 10.2. The summed E-state index contributed by atoms with van der Waals surface area (Å²) in [6, 6.07) is 9.47. The Hall–Kier alpha value is -3.22. The number of carbonyl (C=O) groups is 1. The molecule has 0 amide bonds. The van der Waals surface area contributed by atoms with Gasteiger partial charge < -0.3 is 9.15 Å². The summed E-state index contributed by atoms with van der Waals surface area (Å²) in [4.78, 5) is 32.3. The van der Waals surface area contributed by atoms with Gasteiger partial charge in [-0.1, -0.05) is 18.2 Å². The molecule has 0 N–H and O–H groups in total. The first-order valence-corrected chi connectivity index (χ1v) is 7.24. The quantitative estimate of drug-likeness (QED) is 0.682. The van der Waals surface area contributed by atoms with Gasteiger partial charge in [0.1, 0.15) is 17.0 Å². The molecule has 122 valence electrons. The molecule has 7 heteroatoms. The molecule has 0 fully saturated rings. The Morgan fingerprint density at radius 1 is 1.29 bits per heavy atom. The molecule has 0 unspecified atom stereocenters. The van der Waals surface area contributed by atoms with Crippen LogP contribution in [0.15, 0.2) is 52.1 Å². The molecule has 7 nitrogen and oxygen atoms in total. The normalized spacial score (nSPS) is 10.6. The van der Waals surface area contributed by atoms with Gasteiger partial charge in [-0.05, 0) is 19.1 Å². The van der Waals surface area contributed by atoms with Gasteiger partial charge in [-0.2, -0.15) is 0 Å². The molecule has 0 radical (unpaired) electrons. The summed E-state index contributed by atoms with van der Waals surface area (Å²) in [6.45, 7) is 1.93. The van der Waals surface area contributed by atoms with E-state index in [1.165, 1.54) is 24.2 Å². The van der Waals surface area contributed by atoms with Crippen LogP contribution in [0, 0.1) is 6.92 Å². The van der Waals surface area contributed by atoms with Crippen molar-refractivity contribution in [2.24, 2.45) is 0 Å². The van der Waals surface area contributed by atoms with Crippen molar-refractivity contribution in [2.75, 3.05) is 7.11 Å². The number of ether oxygens (including phenoxy) is 1. The Labute approximate surface area is 137 Å². The highest BCUT2D eigenvalue weighted by Gasteiger charge is 2.16. The molecular weight excluding hydrogens is 310 g/mol. The molecule has 1 aromatic carbocycles. The van der Waals surface area contributed by atoms with Gasteiger partial charge in [0.25, 0.3) is 5.56 Å². The Morgan fingerprint density at radius 3 is 2.75 bits per heavy atom. The topological polar surface area (TPSA) is 87.2 Å². The van der Waals surface area contributed by atoms with Crippen molar-refractivity contribution in [3.05, 3.63) is 70.2 Å². The van der Waals surface area contributed by atoms with Crippen LogP contribution in [0.4, 0.5) is 0 Å². The van der Waals surface area contributed by atoms with Crippen LogP contribution in [-0.2, 0) is 11.3 Å². The molecule has 0 saturated heterocycles. The standard InChI is InChI=1S/C17H15N3O4/c1-11-14(19-15(24-11)12-6-4-3-5-7-12)9-20-10-18-8-13(16(20)21)17(22)23-2/h3-8,10H,9H2,1-2H3. The molecular formula is C17H15N3O4. The summed E-state index contributed by atoms with van der Waals surface area (Å²) in [6.07, 6.45) is 2.54. The molecule has 3 aromatic rings. The number of hydrogen-bond donors (Lipinski definition) is 0. The third-order valence-electron chi connectivity index (χ3n) is 3.54. The lowest BCUT2D eigenvalue weighted by molar-refractivity contribution is 0.0597. The fraction of sp³-hybridized carbons (Fsp3) is 0.176. The van der Waals surface area contributed by atoms with E-state index in [0.29, 0.717) is 17.3 Å². The van der Waals surface area contributed by atoms with Gasteiger partial charge in [-0.3, -0.25) is 9.36 Å². The number of aromatic nitrogens is 3. The third-order valence-corrected chi connectivity index (χ3v) is 3.54. The lowest BCUT2D eigenvalue weighted by Crippen LogP contribution is -2.27. The van der Waals surface area contributed by atoms with E-state index in [2.05, 4.69) is 14.7 Å². The molecule has 0 aliphatic heterocycles. The van der Waals surface area contributed by atoms with Crippen molar-refractivity contribution >= 4 is 5.97 Å². The summed E-state index contributed by atoms with van der Waals surface area (Å²) in [5, 5.41) is 0. The molecule has 3 rings (SSSR count). The molecule has 0 aliphatic carbocycles. The summed E-state index contributed by atoms with van der Waals surface area (Å²) in [7, 11) is 1.22. The molecule has 0 saturated carbocycles. The number of carbonyl (C=O) groups excluding carboxylic acids is 1. The zero-order chi connectivity index (χ0) is 17.1. The smallest absolute Gasteiger partial charge is 0.345 e. The van der Waals surface area contributed by atoms with Gasteiger partial charge in [0, 0.05) is 11.8 Å². The van der Waals surface area contributed by atoms with Gasteiger partial charge in [-0.25, -0.2) is 14.8 Å². The maximum Gasteiger partial charge on any atom is 0.345 e. The fourth-order valence-corrected chi connectivity index (χ4v) is 2.25. The van der Waals surface area contributed by atoms with E-state index in [9.17, 15) is 9.59 Å². The van der Waals surface area contributed by atoms with Crippen LogP contribution in [0.2, 0.25) is 0 Å². The minimum Gasteiger partial charge on any atom is -0.465 e. The van der Waals surface area contributed by atoms with Gasteiger partial charge in [0.05, 0.1) is 20.0 Å². The molecule has 0 aliphatic rings. The number of benzene rings is 1. The van der Waals surface area contributed by atoms with Crippen LogP contribution >= 0.6 is 0 Å². The second-order valence-electron chi connectivity index (χ2n) is 5.12. The summed E-state index contributed by atoms with van der Waals surface area (Å²) < 4.78 is 11.6. The van der Waals surface area contributed by atoms with Gasteiger partial charge in [0.15, 0.2) is 0 Å². The lowest BCUT2D eigenvalue weighted by Gasteiger charge is -2.04. The van der Waals surface area contributed by atoms with Gasteiger partial charge in [0.2, 0.25) is 5.89 Å². The van der Waals surface area contributed by atoms with Crippen molar-refractivity contribution < 1.29 is 13.9 Å². The summed E-state index contributed by atoms with van der Waals surface area (Å²) >= 11 is 0. The molecule has 0 spiro atoms. The van der Waals surface area contributed by atoms with Crippen LogP contribution in [0.25, 0.3) is 11.5 Å². The highest BCUT2D eigenvalue weighted by atomic mass is 16.5. The van der Waals surface area contributed by atoms with E-state index in [1.54, 1.807) is 6.92 Å². The minimum absolute atomic E-state index is 0.121. The summed E-state index contributed by atoms with van der Waals surface area (Å²) in [5.74, 6) is 0.362. The number of esters is 1. The van der Waals surface area contributed by atoms with Crippen LogP contribution in [-0.4, -0.2) is 27.6 Å². The fourth-order valence-electron chi connectivity index (χ4n) is 2.25. The van der Waals surface area contributed by atoms with Crippen LogP contribution < -0.4 is 5.56 Å². The Bertz CT molecular complexity index is 929. The first-order chi connectivity index (χ1) is 11.6. The van der Waals surface area contributed by atoms with Crippen LogP contribution in [0.1, 0.15) is 21.8 Å². The van der Waals surface area contributed by atoms with E-state index in [-0.39, 0.29) is 12.1 Å². The molecule has 24 heavy (non-hydrogen) atoms. The largest absolute Gasteiger partial charge is 0.465 e. The van der Waals surface area contributed by atoms with Crippen LogP contribution in [0.3, 0.4) is 0 Å². The first kappa shape index (κ1) is 15.7. The molecule has 0 bridgehead atoms. The second-order valence-corrected chi connectivity index (χ2v) is 5.12. The predicted molar refractivity (Wildman–Crippen MR) is 85.6 cm³/mol. The highest BCUT2D eigenvalue weighted by Crippen LogP contribution is 2.21. The second kappa shape index (κ2) is 6.49. The number of aryl methyl sites for hydroxylation is 1. The van der Waals surface area contributed by atoms with Crippen molar-refractivity contribution in [3.8, 4) is 11.5 Å². The third kappa shape index (κ3) is 2.96. The van der Waals surface area contributed by atoms with E-state index >= 15 is 0 Å².